The second kappa shape index (κ2) is 6.00. The zero-order chi connectivity index (χ0) is 12.8. The summed E-state index contributed by atoms with van der Waals surface area (Å²) in [6, 6.07) is 7.22. The number of urea groups is 1. The molecule has 0 saturated heterocycles. The van der Waals surface area contributed by atoms with E-state index in [-0.39, 0.29) is 12.6 Å². The van der Waals surface area contributed by atoms with E-state index in [1.54, 1.807) is 0 Å². The number of imide groups is 1. The molecule has 0 saturated carbocycles. The number of hydrogen-bond acceptors (Lipinski definition) is 3. The third-order valence-corrected chi connectivity index (χ3v) is 2.41. The smallest absolute Gasteiger partial charge is 0.318 e. The summed E-state index contributed by atoms with van der Waals surface area (Å²) in [5.41, 5.74) is 7.10. The van der Waals surface area contributed by atoms with Crippen LogP contribution in [-0.4, -0.2) is 18.5 Å². The zero-order valence-electron chi connectivity index (χ0n) is 9.99. The lowest BCUT2D eigenvalue weighted by Crippen LogP contribution is -2.41. The Kier molecular flexibility index (Phi) is 4.66. The van der Waals surface area contributed by atoms with Crippen LogP contribution in [0.4, 0.5) is 4.79 Å². The second-order valence-corrected chi connectivity index (χ2v) is 3.93. The van der Waals surface area contributed by atoms with Crippen molar-refractivity contribution in [2.45, 2.75) is 19.9 Å². The molecule has 0 heterocycles. The summed E-state index contributed by atoms with van der Waals surface area (Å²) < 4.78 is 0. The zero-order valence-corrected chi connectivity index (χ0v) is 9.99. The fraction of sp³-hybridized carbons (Fsp3) is 0.333. The Hall–Kier alpha value is -1.88. The van der Waals surface area contributed by atoms with Crippen LogP contribution in [0.1, 0.15) is 24.1 Å². The highest BCUT2D eigenvalue weighted by molar-refractivity contribution is 5.94. The van der Waals surface area contributed by atoms with E-state index in [2.05, 4.69) is 5.32 Å². The van der Waals surface area contributed by atoms with Crippen LogP contribution in [0.15, 0.2) is 24.3 Å². The fourth-order valence-corrected chi connectivity index (χ4v) is 1.40. The van der Waals surface area contributed by atoms with E-state index in [1.165, 1.54) is 5.56 Å². The maximum Gasteiger partial charge on any atom is 0.318 e. The van der Waals surface area contributed by atoms with Crippen LogP contribution in [0.5, 0.6) is 0 Å². The molecule has 17 heavy (non-hydrogen) atoms. The fourth-order valence-electron chi connectivity index (χ4n) is 1.40. The second-order valence-electron chi connectivity index (χ2n) is 3.93. The molecular weight excluding hydrogens is 218 g/mol. The number of nitrogens with one attached hydrogen (secondary N) is 2. The predicted molar refractivity (Wildman–Crippen MR) is 65.3 cm³/mol. The van der Waals surface area contributed by atoms with Crippen molar-refractivity contribution in [1.82, 2.24) is 10.6 Å². The van der Waals surface area contributed by atoms with Gasteiger partial charge < -0.3 is 11.1 Å². The molecule has 5 nitrogen and oxygen atoms in total. The molecule has 1 aromatic carbocycles. The summed E-state index contributed by atoms with van der Waals surface area (Å²) in [7, 11) is 0. The molecule has 1 unspecified atom stereocenters. The van der Waals surface area contributed by atoms with Crippen LogP contribution in [0.3, 0.4) is 0 Å². The van der Waals surface area contributed by atoms with Gasteiger partial charge in [-0.05, 0) is 19.4 Å². The molecule has 1 rings (SSSR count). The van der Waals surface area contributed by atoms with Gasteiger partial charge in [-0.1, -0.05) is 29.8 Å². The van der Waals surface area contributed by atoms with Crippen LogP contribution in [0, 0.1) is 6.92 Å². The SMILES string of the molecule is Cc1ccc(C(C)NCC(=O)NC(N)=O)cc1. The Balaban J connectivity index is 2.44. The van der Waals surface area contributed by atoms with Crippen molar-refractivity contribution in [2.75, 3.05) is 6.54 Å². The van der Waals surface area contributed by atoms with E-state index in [9.17, 15) is 9.59 Å². The summed E-state index contributed by atoms with van der Waals surface area (Å²) in [4.78, 5) is 21.6. The number of carbonyl (C=O) groups is 2. The van der Waals surface area contributed by atoms with E-state index >= 15 is 0 Å². The highest BCUT2D eigenvalue weighted by Gasteiger charge is 2.08. The lowest BCUT2D eigenvalue weighted by atomic mass is 10.1. The Bertz CT molecular complexity index is 401. The van der Waals surface area contributed by atoms with E-state index in [0.29, 0.717) is 0 Å². The van der Waals surface area contributed by atoms with Gasteiger partial charge in [0.05, 0.1) is 6.54 Å². The quantitative estimate of drug-likeness (QED) is 0.723. The van der Waals surface area contributed by atoms with Crippen molar-refractivity contribution in [1.29, 1.82) is 0 Å². The summed E-state index contributed by atoms with van der Waals surface area (Å²) in [6.07, 6.45) is 0. The standard InChI is InChI=1S/C12H17N3O2/c1-8-3-5-10(6-4-8)9(2)14-7-11(16)15-12(13)17/h3-6,9,14H,7H2,1-2H3,(H3,13,15,16,17). The van der Waals surface area contributed by atoms with Gasteiger partial charge in [0.1, 0.15) is 0 Å². The van der Waals surface area contributed by atoms with Gasteiger partial charge in [0.15, 0.2) is 0 Å². The van der Waals surface area contributed by atoms with Crippen molar-refractivity contribution in [3.8, 4) is 0 Å². The van der Waals surface area contributed by atoms with Crippen molar-refractivity contribution >= 4 is 11.9 Å². The average molecular weight is 235 g/mol. The van der Waals surface area contributed by atoms with Crippen molar-refractivity contribution in [3.63, 3.8) is 0 Å². The third kappa shape index (κ3) is 4.65. The highest BCUT2D eigenvalue weighted by Crippen LogP contribution is 2.12. The molecule has 92 valence electrons. The van der Waals surface area contributed by atoms with Gasteiger partial charge in [-0.2, -0.15) is 0 Å². The Morgan fingerprint density at radius 3 is 2.41 bits per heavy atom. The van der Waals surface area contributed by atoms with E-state index in [0.717, 1.165) is 5.56 Å². The number of primary amides is 1. The van der Waals surface area contributed by atoms with Gasteiger partial charge in [0.2, 0.25) is 5.91 Å². The topological polar surface area (TPSA) is 84.2 Å². The van der Waals surface area contributed by atoms with Crippen molar-refractivity contribution in [2.24, 2.45) is 5.73 Å². The normalized spacial score (nSPS) is 11.9. The maximum absolute atomic E-state index is 11.2. The lowest BCUT2D eigenvalue weighted by molar-refractivity contribution is -0.119. The maximum atomic E-state index is 11.2. The minimum absolute atomic E-state index is 0.0363. The van der Waals surface area contributed by atoms with Gasteiger partial charge in [-0.3, -0.25) is 10.1 Å². The summed E-state index contributed by atoms with van der Waals surface area (Å²) in [5, 5.41) is 5.00. The summed E-state index contributed by atoms with van der Waals surface area (Å²) >= 11 is 0. The van der Waals surface area contributed by atoms with Crippen molar-refractivity contribution < 1.29 is 9.59 Å². The van der Waals surface area contributed by atoms with Gasteiger partial charge in [-0.25, -0.2) is 4.79 Å². The van der Waals surface area contributed by atoms with E-state index < -0.39 is 11.9 Å². The molecule has 1 aromatic rings. The van der Waals surface area contributed by atoms with Crippen LogP contribution >= 0.6 is 0 Å². The number of carbonyl (C=O) groups excluding carboxylic acids is 2. The summed E-state index contributed by atoms with van der Waals surface area (Å²) in [5.74, 6) is -0.434. The van der Waals surface area contributed by atoms with Crippen molar-refractivity contribution in [3.05, 3.63) is 35.4 Å². The molecular formula is C12H17N3O2. The molecule has 0 aliphatic heterocycles. The predicted octanol–water partition coefficient (Wildman–Crippen LogP) is 0.841. The highest BCUT2D eigenvalue weighted by atomic mass is 16.2. The van der Waals surface area contributed by atoms with Gasteiger partial charge in [-0.15, -0.1) is 0 Å². The molecule has 0 fully saturated rings. The minimum Gasteiger partial charge on any atom is -0.351 e. The van der Waals surface area contributed by atoms with Crippen LogP contribution in [-0.2, 0) is 4.79 Å². The first-order valence-electron chi connectivity index (χ1n) is 5.38. The van der Waals surface area contributed by atoms with Gasteiger partial charge >= 0.3 is 6.03 Å². The Morgan fingerprint density at radius 2 is 1.88 bits per heavy atom. The third-order valence-electron chi connectivity index (χ3n) is 2.41. The van der Waals surface area contributed by atoms with Crippen LogP contribution in [0.2, 0.25) is 0 Å². The monoisotopic (exact) mass is 235 g/mol. The molecule has 0 bridgehead atoms. The molecule has 1 atom stereocenters. The Labute approximate surface area is 100 Å². The molecule has 4 N–H and O–H groups in total. The average Bonchev–Trinajstić information content (AvgIpc) is 2.26. The van der Waals surface area contributed by atoms with Gasteiger partial charge in [0, 0.05) is 6.04 Å². The number of nitrogens with two attached hydrogens (primary N) is 1. The number of hydrogen-bond donors (Lipinski definition) is 3. The number of rotatable bonds is 4. The van der Waals surface area contributed by atoms with Crippen LogP contribution < -0.4 is 16.4 Å². The molecule has 0 spiro atoms. The van der Waals surface area contributed by atoms with E-state index in [1.807, 2.05) is 43.4 Å². The molecule has 0 radical (unpaired) electrons. The number of amides is 3. The first-order valence-corrected chi connectivity index (χ1v) is 5.38. The van der Waals surface area contributed by atoms with Gasteiger partial charge in [0.25, 0.3) is 0 Å². The Morgan fingerprint density at radius 1 is 1.29 bits per heavy atom. The first kappa shape index (κ1) is 13.2. The first-order chi connectivity index (χ1) is 7.99. The van der Waals surface area contributed by atoms with Crippen LogP contribution in [0.25, 0.3) is 0 Å². The molecule has 3 amide bonds. The molecule has 0 aliphatic rings. The summed E-state index contributed by atoms with van der Waals surface area (Å²) in [6.45, 7) is 4.02. The lowest BCUT2D eigenvalue weighted by Gasteiger charge is -2.13. The molecule has 5 heteroatoms. The largest absolute Gasteiger partial charge is 0.351 e. The minimum atomic E-state index is -0.834. The molecule has 0 aliphatic carbocycles. The van der Waals surface area contributed by atoms with E-state index in [4.69, 9.17) is 5.73 Å². The number of aryl methyl sites for hydroxylation is 1. The number of benzene rings is 1. The molecule has 0 aromatic heterocycles.